The summed E-state index contributed by atoms with van der Waals surface area (Å²) in [6.45, 7) is 0. The van der Waals surface area contributed by atoms with Crippen molar-refractivity contribution in [2.45, 2.75) is 0 Å². The Balaban J connectivity index is 2.40. The third-order valence-corrected chi connectivity index (χ3v) is 2.69. The molecule has 2 heterocycles. The molecule has 17 heavy (non-hydrogen) atoms. The van der Waals surface area contributed by atoms with Crippen LogP contribution in [0.5, 0.6) is 0 Å². The lowest BCUT2D eigenvalue weighted by Gasteiger charge is -1.96. The maximum Gasteiger partial charge on any atom is 0.353 e. The summed E-state index contributed by atoms with van der Waals surface area (Å²) in [7, 11) is 0. The molecule has 1 aromatic carbocycles. The van der Waals surface area contributed by atoms with Crippen molar-refractivity contribution in [1.82, 2.24) is 4.98 Å². The fourth-order valence-corrected chi connectivity index (χ4v) is 1.98. The lowest BCUT2D eigenvalue weighted by Crippen LogP contribution is -1.98. The normalized spacial score (nSPS) is 10.8. The molecule has 0 aliphatic carbocycles. The van der Waals surface area contributed by atoms with Gasteiger partial charge in [0.25, 0.3) is 0 Å². The van der Waals surface area contributed by atoms with E-state index >= 15 is 0 Å². The Morgan fingerprint density at radius 3 is 2.71 bits per heavy atom. The van der Waals surface area contributed by atoms with Gasteiger partial charge in [0, 0.05) is 10.9 Å². The summed E-state index contributed by atoms with van der Waals surface area (Å²) in [5.41, 5.74) is 1.54. The number of hydrogen-bond donors (Lipinski definition) is 2. The number of carbonyl (C=O) groups is 1. The first kappa shape index (κ1) is 9.72. The van der Waals surface area contributed by atoms with Gasteiger partial charge in [0.2, 0.25) is 0 Å². The molecule has 0 aliphatic rings. The van der Waals surface area contributed by atoms with Crippen molar-refractivity contribution >= 4 is 16.9 Å². The van der Waals surface area contributed by atoms with Crippen LogP contribution in [0.4, 0.5) is 0 Å². The Hall–Kier alpha value is -2.49. The molecule has 0 unspecified atom stereocenters. The van der Waals surface area contributed by atoms with E-state index in [1.54, 1.807) is 12.1 Å². The van der Waals surface area contributed by atoms with Crippen LogP contribution in [0, 0.1) is 0 Å². The lowest BCUT2D eigenvalue weighted by molar-refractivity contribution is 0.0692. The molecule has 0 fully saturated rings. The lowest BCUT2D eigenvalue weighted by atomic mass is 10.1. The molecule has 3 rings (SSSR count). The number of fused-ring (bicyclic) bond motifs is 1. The van der Waals surface area contributed by atoms with E-state index in [1.165, 1.54) is 6.26 Å². The van der Waals surface area contributed by atoms with Crippen LogP contribution in [-0.4, -0.2) is 16.1 Å². The van der Waals surface area contributed by atoms with Crippen LogP contribution in [0.2, 0.25) is 0 Å². The van der Waals surface area contributed by atoms with Crippen molar-refractivity contribution in [2.24, 2.45) is 0 Å². The van der Waals surface area contributed by atoms with Gasteiger partial charge < -0.3 is 14.5 Å². The van der Waals surface area contributed by atoms with Gasteiger partial charge in [-0.05, 0) is 18.2 Å². The minimum absolute atomic E-state index is 0.154. The number of H-pyrrole nitrogens is 1. The van der Waals surface area contributed by atoms with Gasteiger partial charge in [-0.15, -0.1) is 0 Å². The number of nitrogens with one attached hydrogen (secondary N) is 1. The quantitative estimate of drug-likeness (QED) is 0.706. The minimum atomic E-state index is -0.993. The average Bonchev–Trinajstić information content (AvgIpc) is 2.94. The molecule has 0 bridgehead atoms. The third-order valence-electron chi connectivity index (χ3n) is 2.69. The first-order chi connectivity index (χ1) is 8.27. The fraction of sp³-hybridized carbons (Fsp3) is 0. The summed E-state index contributed by atoms with van der Waals surface area (Å²) < 4.78 is 5.29. The summed E-state index contributed by atoms with van der Waals surface area (Å²) in [5, 5.41) is 10.0. The zero-order valence-corrected chi connectivity index (χ0v) is 8.81. The van der Waals surface area contributed by atoms with E-state index in [0.717, 1.165) is 10.9 Å². The molecule has 4 nitrogen and oxygen atoms in total. The number of carboxylic acid groups (broad SMARTS) is 1. The van der Waals surface area contributed by atoms with Crippen LogP contribution in [0.25, 0.3) is 22.2 Å². The predicted octanol–water partition coefficient (Wildman–Crippen LogP) is 3.13. The molecule has 0 saturated carbocycles. The van der Waals surface area contributed by atoms with Gasteiger partial charge in [-0.2, -0.15) is 0 Å². The Kier molecular flexibility index (Phi) is 2.01. The second-order valence-electron chi connectivity index (χ2n) is 3.70. The molecule has 0 atom stereocenters. The number of para-hydroxylation sites is 1. The van der Waals surface area contributed by atoms with E-state index in [0.29, 0.717) is 11.3 Å². The second-order valence-corrected chi connectivity index (χ2v) is 3.70. The highest BCUT2D eigenvalue weighted by Crippen LogP contribution is 2.32. The van der Waals surface area contributed by atoms with Crippen LogP contribution < -0.4 is 0 Å². The molecule has 4 heteroatoms. The van der Waals surface area contributed by atoms with Gasteiger partial charge in [0.05, 0.1) is 11.8 Å². The number of hydrogen-bond acceptors (Lipinski definition) is 2. The molecule has 84 valence electrons. The highest BCUT2D eigenvalue weighted by molar-refractivity contribution is 6.06. The number of aromatic carboxylic acids is 1. The van der Waals surface area contributed by atoms with Crippen molar-refractivity contribution < 1.29 is 14.3 Å². The van der Waals surface area contributed by atoms with E-state index in [2.05, 4.69) is 4.98 Å². The zero-order valence-electron chi connectivity index (χ0n) is 8.81. The topological polar surface area (TPSA) is 66.2 Å². The number of rotatable bonds is 2. The Morgan fingerprint density at radius 1 is 1.18 bits per heavy atom. The van der Waals surface area contributed by atoms with Crippen LogP contribution in [0.3, 0.4) is 0 Å². The smallest absolute Gasteiger partial charge is 0.353 e. The van der Waals surface area contributed by atoms with Crippen molar-refractivity contribution in [3.8, 4) is 11.3 Å². The maximum atomic E-state index is 11.2. The summed E-state index contributed by atoms with van der Waals surface area (Å²) in [6, 6.07) is 10.9. The monoisotopic (exact) mass is 227 g/mol. The third kappa shape index (κ3) is 1.42. The first-order valence-electron chi connectivity index (χ1n) is 5.15. The van der Waals surface area contributed by atoms with E-state index in [9.17, 15) is 9.90 Å². The molecular formula is C13H9NO3. The first-order valence-corrected chi connectivity index (χ1v) is 5.15. The molecule has 0 aliphatic heterocycles. The van der Waals surface area contributed by atoms with Crippen LogP contribution in [0.1, 0.15) is 10.5 Å². The van der Waals surface area contributed by atoms with Gasteiger partial charge in [0.15, 0.2) is 0 Å². The van der Waals surface area contributed by atoms with Crippen LogP contribution >= 0.6 is 0 Å². The number of benzene rings is 1. The van der Waals surface area contributed by atoms with E-state index < -0.39 is 5.97 Å². The van der Waals surface area contributed by atoms with Gasteiger partial charge in [-0.3, -0.25) is 0 Å². The number of aromatic nitrogens is 1. The zero-order chi connectivity index (χ0) is 11.8. The molecule has 2 aromatic heterocycles. The van der Waals surface area contributed by atoms with Gasteiger partial charge in [0.1, 0.15) is 11.5 Å². The van der Waals surface area contributed by atoms with Crippen LogP contribution in [-0.2, 0) is 0 Å². The van der Waals surface area contributed by atoms with Crippen molar-refractivity contribution in [3.05, 3.63) is 48.4 Å². The fourth-order valence-electron chi connectivity index (χ4n) is 1.98. The van der Waals surface area contributed by atoms with Crippen LogP contribution in [0.15, 0.2) is 47.1 Å². The molecule has 0 spiro atoms. The summed E-state index contributed by atoms with van der Waals surface area (Å²) >= 11 is 0. The Labute approximate surface area is 96.5 Å². The predicted molar refractivity (Wildman–Crippen MR) is 63.0 cm³/mol. The Bertz CT molecular complexity index is 680. The minimum Gasteiger partial charge on any atom is -0.477 e. The highest BCUT2D eigenvalue weighted by atomic mass is 16.4. The summed E-state index contributed by atoms with van der Waals surface area (Å²) in [5.74, 6) is -0.438. The van der Waals surface area contributed by atoms with Crippen molar-refractivity contribution in [3.63, 3.8) is 0 Å². The van der Waals surface area contributed by atoms with Crippen molar-refractivity contribution in [2.75, 3.05) is 0 Å². The highest BCUT2D eigenvalue weighted by Gasteiger charge is 2.19. The van der Waals surface area contributed by atoms with E-state index in [4.69, 9.17) is 4.42 Å². The number of carboxylic acids is 1. The molecular weight excluding hydrogens is 218 g/mol. The van der Waals surface area contributed by atoms with E-state index in [-0.39, 0.29) is 5.69 Å². The van der Waals surface area contributed by atoms with Gasteiger partial charge in [-0.25, -0.2) is 4.79 Å². The molecule has 0 saturated heterocycles. The standard InChI is InChI=1S/C13H9NO3/c15-13(16)12-11(10-6-3-7-17-10)8-4-1-2-5-9(8)14-12/h1-7,14H,(H,15,16). The number of aromatic amines is 1. The molecule has 0 radical (unpaired) electrons. The van der Waals surface area contributed by atoms with Gasteiger partial charge >= 0.3 is 5.97 Å². The summed E-state index contributed by atoms with van der Waals surface area (Å²) in [6.07, 6.45) is 1.53. The second kappa shape index (κ2) is 3.52. The molecule has 3 aromatic rings. The summed E-state index contributed by atoms with van der Waals surface area (Å²) in [4.78, 5) is 14.1. The average molecular weight is 227 g/mol. The Morgan fingerprint density at radius 2 is 2.00 bits per heavy atom. The SMILES string of the molecule is O=C(O)c1[nH]c2ccccc2c1-c1ccco1. The molecule has 0 amide bonds. The van der Waals surface area contributed by atoms with Gasteiger partial charge in [-0.1, -0.05) is 18.2 Å². The van der Waals surface area contributed by atoms with Crippen molar-refractivity contribution in [1.29, 1.82) is 0 Å². The maximum absolute atomic E-state index is 11.2. The number of furan rings is 1. The largest absolute Gasteiger partial charge is 0.477 e. The van der Waals surface area contributed by atoms with E-state index in [1.807, 2.05) is 24.3 Å². The molecule has 2 N–H and O–H groups in total.